The summed E-state index contributed by atoms with van der Waals surface area (Å²) in [5.41, 5.74) is 6.42. The molecule has 1 amide bonds. The van der Waals surface area contributed by atoms with Crippen LogP contribution in [0.25, 0.3) is 22.2 Å². The molecule has 0 aliphatic heterocycles. The van der Waals surface area contributed by atoms with Crippen LogP contribution in [0.3, 0.4) is 0 Å². The molecular formula is C15H11F2N3O2. The Hall–Kier alpha value is -2.96. The Morgan fingerprint density at radius 1 is 1.27 bits per heavy atom. The van der Waals surface area contributed by atoms with E-state index in [4.69, 9.17) is 10.5 Å². The number of carbonyl (C=O) groups excluding carboxylic acids is 1. The molecular weight excluding hydrogens is 292 g/mol. The Balaban J connectivity index is 2.27. The van der Waals surface area contributed by atoms with Crippen molar-refractivity contribution in [3.05, 3.63) is 47.5 Å². The highest BCUT2D eigenvalue weighted by Gasteiger charge is 2.19. The number of nitrogens with zero attached hydrogens (tertiary/aromatic N) is 1. The summed E-state index contributed by atoms with van der Waals surface area (Å²) in [5, 5.41) is 7.27. The van der Waals surface area contributed by atoms with Crippen molar-refractivity contribution in [3.8, 4) is 17.0 Å². The van der Waals surface area contributed by atoms with Crippen LogP contribution in [0, 0.1) is 11.6 Å². The van der Waals surface area contributed by atoms with Gasteiger partial charge >= 0.3 is 0 Å². The summed E-state index contributed by atoms with van der Waals surface area (Å²) >= 11 is 0. The number of amides is 1. The van der Waals surface area contributed by atoms with Crippen molar-refractivity contribution in [2.75, 3.05) is 7.11 Å². The summed E-state index contributed by atoms with van der Waals surface area (Å²) in [6.45, 7) is 0. The van der Waals surface area contributed by atoms with Crippen molar-refractivity contribution in [2.24, 2.45) is 5.73 Å². The maximum absolute atomic E-state index is 14.4. The molecule has 22 heavy (non-hydrogen) atoms. The lowest BCUT2D eigenvalue weighted by atomic mass is 10.0. The van der Waals surface area contributed by atoms with Crippen molar-refractivity contribution >= 4 is 16.8 Å². The van der Waals surface area contributed by atoms with Crippen LogP contribution in [0.2, 0.25) is 0 Å². The van der Waals surface area contributed by atoms with Gasteiger partial charge in [0.05, 0.1) is 12.6 Å². The molecule has 3 N–H and O–H groups in total. The monoisotopic (exact) mass is 303 g/mol. The lowest BCUT2D eigenvalue weighted by molar-refractivity contribution is 0.100. The number of aromatic amines is 1. The summed E-state index contributed by atoms with van der Waals surface area (Å²) < 4.78 is 32.6. The van der Waals surface area contributed by atoms with Crippen LogP contribution in [0.5, 0.6) is 5.75 Å². The number of hydrogen-bond acceptors (Lipinski definition) is 3. The van der Waals surface area contributed by atoms with Gasteiger partial charge in [-0.1, -0.05) is 0 Å². The third kappa shape index (κ3) is 2.07. The fourth-order valence-corrected chi connectivity index (χ4v) is 2.28. The van der Waals surface area contributed by atoms with E-state index in [1.165, 1.54) is 25.3 Å². The van der Waals surface area contributed by atoms with Gasteiger partial charge in [0.15, 0.2) is 17.4 Å². The van der Waals surface area contributed by atoms with E-state index in [0.717, 1.165) is 6.07 Å². The number of benzene rings is 2. The first-order valence-corrected chi connectivity index (χ1v) is 6.33. The third-order valence-electron chi connectivity index (χ3n) is 3.36. The second kappa shape index (κ2) is 5.10. The molecule has 0 unspecified atom stereocenters. The van der Waals surface area contributed by atoms with E-state index in [9.17, 15) is 13.6 Å². The normalized spacial score (nSPS) is 10.9. The Labute approximate surface area is 123 Å². The number of methoxy groups -OCH3 is 1. The van der Waals surface area contributed by atoms with Gasteiger partial charge in [0.25, 0.3) is 0 Å². The number of nitrogens with two attached hydrogens (primary N) is 1. The molecule has 0 radical (unpaired) electrons. The quantitative estimate of drug-likeness (QED) is 0.780. The van der Waals surface area contributed by atoms with E-state index in [-0.39, 0.29) is 16.8 Å². The largest absolute Gasteiger partial charge is 0.491 e. The molecule has 5 nitrogen and oxygen atoms in total. The number of halogens is 2. The Morgan fingerprint density at radius 3 is 2.73 bits per heavy atom. The minimum absolute atomic E-state index is 0.0612. The predicted molar refractivity (Wildman–Crippen MR) is 76.5 cm³/mol. The molecule has 0 aliphatic rings. The zero-order valence-corrected chi connectivity index (χ0v) is 11.5. The van der Waals surface area contributed by atoms with Gasteiger partial charge < -0.3 is 10.5 Å². The molecule has 0 aliphatic carbocycles. The number of fused-ring (bicyclic) bond motifs is 1. The minimum atomic E-state index is -0.861. The summed E-state index contributed by atoms with van der Waals surface area (Å²) in [5.74, 6) is -2.76. The summed E-state index contributed by atoms with van der Waals surface area (Å²) in [6, 6.07) is 7.01. The van der Waals surface area contributed by atoms with Crippen LogP contribution >= 0.6 is 0 Å². The number of H-pyrrole nitrogens is 1. The molecule has 0 spiro atoms. The number of rotatable bonds is 3. The van der Waals surface area contributed by atoms with Crippen LogP contribution in [0.15, 0.2) is 30.3 Å². The highest BCUT2D eigenvalue weighted by molar-refractivity contribution is 6.00. The van der Waals surface area contributed by atoms with Gasteiger partial charge in [0.2, 0.25) is 5.91 Å². The molecule has 0 saturated carbocycles. The van der Waals surface area contributed by atoms with Gasteiger partial charge in [-0.25, -0.2) is 8.78 Å². The highest BCUT2D eigenvalue weighted by atomic mass is 19.1. The number of ether oxygens (including phenoxy) is 1. The van der Waals surface area contributed by atoms with Gasteiger partial charge in [-0.15, -0.1) is 0 Å². The number of carbonyl (C=O) groups is 1. The third-order valence-corrected chi connectivity index (χ3v) is 3.36. The van der Waals surface area contributed by atoms with Crippen molar-refractivity contribution in [1.82, 2.24) is 10.2 Å². The molecule has 0 atom stereocenters. The van der Waals surface area contributed by atoms with Gasteiger partial charge in [0, 0.05) is 16.5 Å². The van der Waals surface area contributed by atoms with Crippen molar-refractivity contribution in [3.63, 3.8) is 0 Å². The first-order chi connectivity index (χ1) is 10.5. The highest BCUT2D eigenvalue weighted by Crippen LogP contribution is 2.34. The Kier molecular flexibility index (Phi) is 3.25. The molecule has 0 saturated heterocycles. The SMILES string of the molecule is COc1c(F)ccc(-c2n[nH]c3ccc(C(N)=O)cc23)c1F. The molecule has 2 aromatic carbocycles. The van der Waals surface area contributed by atoms with Crippen LogP contribution in [0.1, 0.15) is 10.4 Å². The van der Waals surface area contributed by atoms with Gasteiger partial charge in [-0.05, 0) is 30.3 Å². The average Bonchev–Trinajstić information content (AvgIpc) is 2.91. The Morgan fingerprint density at radius 2 is 2.05 bits per heavy atom. The fourth-order valence-electron chi connectivity index (χ4n) is 2.28. The lowest BCUT2D eigenvalue weighted by Crippen LogP contribution is -2.10. The van der Waals surface area contributed by atoms with E-state index in [0.29, 0.717) is 10.9 Å². The van der Waals surface area contributed by atoms with Crippen LogP contribution < -0.4 is 10.5 Å². The summed E-state index contributed by atoms with van der Waals surface area (Å²) in [7, 11) is 1.18. The van der Waals surface area contributed by atoms with E-state index in [1.54, 1.807) is 6.07 Å². The van der Waals surface area contributed by atoms with Gasteiger partial charge in [0.1, 0.15) is 5.69 Å². The van der Waals surface area contributed by atoms with Crippen LogP contribution in [0.4, 0.5) is 8.78 Å². The molecule has 1 aromatic heterocycles. The first kappa shape index (κ1) is 14.0. The number of primary amides is 1. The topological polar surface area (TPSA) is 81.0 Å². The maximum atomic E-state index is 14.4. The van der Waals surface area contributed by atoms with E-state index in [1.807, 2.05) is 0 Å². The van der Waals surface area contributed by atoms with Crippen molar-refractivity contribution in [2.45, 2.75) is 0 Å². The van der Waals surface area contributed by atoms with Gasteiger partial charge in [-0.2, -0.15) is 5.10 Å². The predicted octanol–water partition coefficient (Wildman–Crippen LogP) is 2.62. The second-order valence-electron chi connectivity index (χ2n) is 4.64. The minimum Gasteiger partial charge on any atom is -0.491 e. The standard InChI is InChI=1S/C15H11F2N3O2/c1-22-14-10(16)4-3-8(12(14)17)13-9-6-7(15(18)21)2-5-11(9)19-20-13/h2-6H,1H3,(H2,18,21)(H,19,20). The van der Waals surface area contributed by atoms with Crippen LogP contribution in [-0.2, 0) is 0 Å². The van der Waals surface area contributed by atoms with Crippen molar-refractivity contribution < 1.29 is 18.3 Å². The zero-order valence-electron chi connectivity index (χ0n) is 11.5. The van der Waals surface area contributed by atoms with E-state index in [2.05, 4.69) is 10.2 Å². The number of hydrogen-bond donors (Lipinski definition) is 2. The molecule has 1 heterocycles. The summed E-state index contributed by atoms with van der Waals surface area (Å²) in [6.07, 6.45) is 0. The smallest absolute Gasteiger partial charge is 0.248 e. The zero-order chi connectivity index (χ0) is 15.9. The molecule has 112 valence electrons. The Bertz CT molecular complexity index is 890. The van der Waals surface area contributed by atoms with E-state index >= 15 is 0 Å². The molecule has 3 rings (SSSR count). The number of aromatic nitrogens is 2. The molecule has 0 fully saturated rings. The van der Waals surface area contributed by atoms with Crippen molar-refractivity contribution in [1.29, 1.82) is 0 Å². The molecule has 7 heteroatoms. The lowest BCUT2D eigenvalue weighted by Gasteiger charge is -2.07. The average molecular weight is 303 g/mol. The second-order valence-corrected chi connectivity index (χ2v) is 4.64. The molecule has 3 aromatic rings. The first-order valence-electron chi connectivity index (χ1n) is 6.33. The maximum Gasteiger partial charge on any atom is 0.248 e. The number of nitrogens with one attached hydrogen (secondary N) is 1. The van der Waals surface area contributed by atoms with E-state index < -0.39 is 23.3 Å². The van der Waals surface area contributed by atoms with Gasteiger partial charge in [-0.3, -0.25) is 9.89 Å². The fraction of sp³-hybridized carbons (Fsp3) is 0.0667. The summed E-state index contributed by atoms with van der Waals surface area (Å²) in [4.78, 5) is 11.3. The van der Waals surface area contributed by atoms with Crippen LogP contribution in [-0.4, -0.2) is 23.2 Å². The molecule has 0 bridgehead atoms.